The fraction of sp³-hybridized carbons (Fsp3) is 0. The molecule has 0 saturated heterocycles. The van der Waals surface area contributed by atoms with Crippen LogP contribution >= 0.6 is 38.5 Å². The van der Waals surface area contributed by atoms with Crippen LogP contribution in [0.4, 0.5) is 0 Å². The maximum absolute atomic E-state index is 8.85. The Hall–Kier alpha value is 0.415. The molecule has 0 atom stereocenters. The van der Waals surface area contributed by atoms with Gasteiger partial charge in [-0.3, -0.25) is 0 Å². The van der Waals surface area contributed by atoms with Gasteiger partial charge in [0, 0.05) is 8.04 Å². The van der Waals surface area contributed by atoms with E-state index < -0.39 is 7.12 Å². The minimum absolute atomic E-state index is 0.497. The van der Waals surface area contributed by atoms with Crippen molar-refractivity contribution in [1.29, 1.82) is 0 Å². The molecule has 0 spiro atoms. The van der Waals surface area contributed by atoms with Crippen LogP contribution in [-0.4, -0.2) is 17.2 Å². The summed E-state index contributed by atoms with van der Waals surface area (Å²) in [4.78, 5) is 0. The second kappa shape index (κ2) is 3.89. The first-order valence-corrected chi connectivity index (χ1v) is 4.79. The Kier molecular flexibility index (Phi) is 3.36. The standard InChI is InChI=1S/C6H5BBrIO2/c8-6-2-1-4(9)3-5(6)7(10)11/h1-3,10-11H. The number of halogens is 2. The normalized spacial score (nSPS) is 9.82. The van der Waals surface area contributed by atoms with E-state index in [9.17, 15) is 0 Å². The average Bonchev–Trinajstić information content (AvgIpc) is 1.94. The Morgan fingerprint density at radius 2 is 2.00 bits per heavy atom. The largest absolute Gasteiger partial charge is 0.489 e. The van der Waals surface area contributed by atoms with E-state index in [1.165, 1.54) is 0 Å². The number of hydrogen-bond donors (Lipinski definition) is 2. The van der Waals surface area contributed by atoms with Gasteiger partial charge in [-0.2, -0.15) is 0 Å². The summed E-state index contributed by atoms with van der Waals surface area (Å²) in [7, 11) is -1.40. The quantitative estimate of drug-likeness (QED) is 0.590. The highest BCUT2D eigenvalue weighted by Gasteiger charge is 2.14. The Morgan fingerprint density at radius 3 is 2.45 bits per heavy atom. The molecule has 0 radical (unpaired) electrons. The van der Waals surface area contributed by atoms with Gasteiger partial charge in [0.05, 0.1) is 0 Å². The molecule has 2 nitrogen and oxygen atoms in total. The van der Waals surface area contributed by atoms with E-state index in [0.29, 0.717) is 9.94 Å². The van der Waals surface area contributed by atoms with Crippen LogP contribution in [0.5, 0.6) is 0 Å². The zero-order valence-corrected chi connectivity index (χ0v) is 9.20. The van der Waals surface area contributed by atoms with Crippen LogP contribution in [0.15, 0.2) is 22.7 Å². The van der Waals surface area contributed by atoms with Crippen LogP contribution < -0.4 is 5.46 Å². The molecule has 58 valence electrons. The van der Waals surface area contributed by atoms with Gasteiger partial charge in [0.2, 0.25) is 0 Å². The lowest BCUT2D eigenvalue weighted by molar-refractivity contribution is 0.425. The fourth-order valence-corrected chi connectivity index (χ4v) is 1.68. The van der Waals surface area contributed by atoms with Crippen molar-refractivity contribution in [3.8, 4) is 0 Å². The maximum Gasteiger partial charge on any atom is 0.489 e. The van der Waals surface area contributed by atoms with E-state index in [1.807, 2.05) is 6.07 Å². The highest BCUT2D eigenvalue weighted by atomic mass is 127. The van der Waals surface area contributed by atoms with Gasteiger partial charge in [-0.1, -0.05) is 15.9 Å². The predicted molar refractivity (Wildman–Crippen MR) is 56.7 cm³/mol. The molecule has 11 heavy (non-hydrogen) atoms. The molecule has 0 aliphatic carbocycles. The number of rotatable bonds is 1. The molecule has 0 unspecified atom stereocenters. The SMILES string of the molecule is OB(O)c1cc(I)ccc1Br. The highest BCUT2D eigenvalue weighted by Crippen LogP contribution is 2.10. The number of hydrogen-bond acceptors (Lipinski definition) is 2. The van der Waals surface area contributed by atoms with Crippen molar-refractivity contribution in [2.45, 2.75) is 0 Å². The lowest BCUT2D eigenvalue weighted by Gasteiger charge is -2.02. The summed E-state index contributed by atoms with van der Waals surface area (Å²) in [5.41, 5.74) is 0.497. The van der Waals surface area contributed by atoms with Gasteiger partial charge in [0.15, 0.2) is 0 Å². The summed E-state index contributed by atoms with van der Waals surface area (Å²) >= 11 is 5.32. The van der Waals surface area contributed by atoms with Gasteiger partial charge in [-0.15, -0.1) is 0 Å². The van der Waals surface area contributed by atoms with Crippen LogP contribution in [0.3, 0.4) is 0 Å². The fourth-order valence-electron chi connectivity index (χ4n) is 0.712. The van der Waals surface area contributed by atoms with Gasteiger partial charge in [-0.25, -0.2) is 0 Å². The summed E-state index contributed by atoms with van der Waals surface area (Å²) in [6.07, 6.45) is 0. The number of benzene rings is 1. The molecule has 0 aliphatic heterocycles. The summed E-state index contributed by atoms with van der Waals surface area (Å²) < 4.78 is 1.70. The molecule has 1 aromatic rings. The second-order valence-corrected chi connectivity index (χ2v) is 4.14. The van der Waals surface area contributed by atoms with Crippen LogP contribution in [0.25, 0.3) is 0 Å². The first kappa shape index (κ1) is 9.50. The summed E-state index contributed by atoms with van der Waals surface area (Å²) in [5, 5.41) is 17.7. The smallest absolute Gasteiger partial charge is 0.423 e. The topological polar surface area (TPSA) is 40.5 Å². The molecule has 0 saturated carbocycles. The molecular formula is C6H5BBrIO2. The Balaban J connectivity index is 3.13. The van der Waals surface area contributed by atoms with Crippen molar-refractivity contribution >= 4 is 51.1 Å². The monoisotopic (exact) mass is 326 g/mol. The molecule has 0 aliphatic rings. The molecule has 0 bridgehead atoms. The Bertz CT molecular complexity index is 267. The van der Waals surface area contributed by atoms with E-state index in [4.69, 9.17) is 10.0 Å². The van der Waals surface area contributed by atoms with E-state index >= 15 is 0 Å². The minimum atomic E-state index is -1.40. The van der Waals surface area contributed by atoms with Crippen molar-refractivity contribution in [1.82, 2.24) is 0 Å². The van der Waals surface area contributed by atoms with E-state index in [-0.39, 0.29) is 0 Å². The van der Waals surface area contributed by atoms with E-state index in [1.54, 1.807) is 12.1 Å². The molecule has 5 heteroatoms. The molecule has 0 aromatic heterocycles. The molecule has 0 heterocycles. The Labute approximate surface area is 87.0 Å². The second-order valence-electron chi connectivity index (χ2n) is 2.04. The highest BCUT2D eigenvalue weighted by molar-refractivity contribution is 14.1. The molecule has 2 N–H and O–H groups in total. The van der Waals surface area contributed by atoms with Crippen molar-refractivity contribution in [2.24, 2.45) is 0 Å². The molecule has 1 aromatic carbocycles. The van der Waals surface area contributed by atoms with E-state index in [0.717, 1.165) is 3.57 Å². The van der Waals surface area contributed by atoms with Crippen molar-refractivity contribution in [3.05, 3.63) is 26.2 Å². The maximum atomic E-state index is 8.85. The van der Waals surface area contributed by atoms with Crippen molar-refractivity contribution in [2.75, 3.05) is 0 Å². The summed E-state index contributed by atoms with van der Waals surface area (Å²) in [6.45, 7) is 0. The third kappa shape index (κ3) is 2.43. The molecule has 1 rings (SSSR count). The van der Waals surface area contributed by atoms with Gasteiger partial charge < -0.3 is 10.0 Å². The molecule has 0 amide bonds. The van der Waals surface area contributed by atoms with Crippen LogP contribution in [0, 0.1) is 3.57 Å². The lowest BCUT2D eigenvalue weighted by Crippen LogP contribution is -2.31. The third-order valence-corrected chi connectivity index (χ3v) is 2.63. The van der Waals surface area contributed by atoms with Gasteiger partial charge in [0.1, 0.15) is 0 Å². The minimum Gasteiger partial charge on any atom is -0.423 e. The molecular weight excluding hydrogens is 322 g/mol. The zero-order chi connectivity index (χ0) is 8.43. The van der Waals surface area contributed by atoms with Crippen LogP contribution in [-0.2, 0) is 0 Å². The average molecular weight is 327 g/mol. The predicted octanol–water partition coefficient (Wildman–Crippen LogP) is 0.733. The first-order valence-electron chi connectivity index (χ1n) is 2.92. The van der Waals surface area contributed by atoms with Crippen LogP contribution in [0.2, 0.25) is 0 Å². The summed E-state index contributed by atoms with van der Waals surface area (Å²) in [6, 6.07) is 5.39. The van der Waals surface area contributed by atoms with Gasteiger partial charge >= 0.3 is 7.12 Å². The van der Waals surface area contributed by atoms with Gasteiger partial charge in [-0.05, 0) is 46.3 Å². The first-order chi connectivity index (χ1) is 5.11. The Morgan fingerprint density at radius 1 is 1.36 bits per heavy atom. The van der Waals surface area contributed by atoms with Gasteiger partial charge in [0.25, 0.3) is 0 Å². The van der Waals surface area contributed by atoms with Crippen LogP contribution in [0.1, 0.15) is 0 Å². The van der Waals surface area contributed by atoms with Crippen molar-refractivity contribution in [3.63, 3.8) is 0 Å². The zero-order valence-electron chi connectivity index (χ0n) is 5.46. The molecule has 0 fully saturated rings. The third-order valence-electron chi connectivity index (χ3n) is 1.24. The van der Waals surface area contributed by atoms with Crippen molar-refractivity contribution < 1.29 is 10.0 Å². The summed E-state index contributed by atoms with van der Waals surface area (Å²) in [5.74, 6) is 0. The lowest BCUT2D eigenvalue weighted by atomic mass is 9.80. The van der Waals surface area contributed by atoms with E-state index in [2.05, 4.69) is 38.5 Å².